The number of hydrogen-bond donors (Lipinski definition) is 3. The Hall–Kier alpha value is -3.02. The summed E-state index contributed by atoms with van der Waals surface area (Å²) in [4.78, 5) is 22.8. The minimum atomic E-state index is -0.173. The van der Waals surface area contributed by atoms with Crippen LogP contribution in [0.3, 0.4) is 0 Å². The molecule has 0 saturated heterocycles. The van der Waals surface area contributed by atoms with Crippen LogP contribution in [-0.2, 0) is 17.6 Å². The lowest BCUT2D eigenvalue weighted by molar-refractivity contribution is -0.114. The lowest BCUT2D eigenvalue weighted by Gasteiger charge is -2.09. The van der Waals surface area contributed by atoms with Crippen molar-refractivity contribution in [1.29, 1.82) is 0 Å². The van der Waals surface area contributed by atoms with E-state index in [9.17, 15) is 9.59 Å². The Kier molecular flexibility index (Phi) is 7.49. The van der Waals surface area contributed by atoms with Crippen LogP contribution in [0.15, 0.2) is 48.5 Å². The third kappa shape index (κ3) is 6.84. The highest BCUT2D eigenvalue weighted by atomic mass is 16.5. The second-order valence-corrected chi connectivity index (χ2v) is 5.91. The van der Waals surface area contributed by atoms with E-state index >= 15 is 0 Å². The maximum absolute atomic E-state index is 11.8. The summed E-state index contributed by atoms with van der Waals surface area (Å²) < 4.78 is 5.12. The van der Waals surface area contributed by atoms with Crippen molar-refractivity contribution in [3.8, 4) is 5.75 Å². The Morgan fingerprint density at radius 1 is 0.846 bits per heavy atom. The zero-order valence-electron chi connectivity index (χ0n) is 15.2. The molecule has 0 aliphatic rings. The van der Waals surface area contributed by atoms with Crippen LogP contribution >= 0.6 is 0 Å². The van der Waals surface area contributed by atoms with E-state index in [1.54, 1.807) is 7.11 Å². The lowest BCUT2D eigenvalue weighted by atomic mass is 10.1. The summed E-state index contributed by atoms with van der Waals surface area (Å²) in [7, 11) is 1.64. The average Bonchev–Trinajstić information content (AvgIpc) is 2.63. The molecule has 2 aromatic rings. The largest absolute Gasteiger partial charge is 0.497 e. The molecule has 26 heavy (non-hydrogen) atoms. The van der Waals surface area contributed by atoms with Gasteiger partial charge in [-0.15, -0.1) is 0 Å². The Balaban J connectivity index is 1.63. The highest BCUT2D eigenvalue weighted by molar-refractivity contribution is 5.88. The normalized spacial score (nSPS) is 10.1. The van der Waals surface area contributed by atoms with Crippen molar-refractivity contribution in [1.82, 2.24) is 10.6 Å². The summed E-state index contributed by atoms with van der Waals surface area (Å²) in [6.07, 6.45) is 1.49. The third-order valence-corrected chi connectivity index (χ3v) is 3.83. The Labute approximate surface area is 153 Å². The molecule has 138 valence electrons. The maximum Gasteiger partial charge on any atom is 0.314 e. The summed E-state index contributed by atoms with van der Waals surface area (Å²) >= 11 is 0. The minimum absolute atomic E-state index is 0.0919. The lowest BCUT2D eigenvalue weighted by Crippen LogP contribution is -2.37. The SMILES string of the molecule is COc1ccc(CCNC(=O)NCCc2ccc(NC(C)=O)cc2)cc1. The molecular weight excluding hydrogens is 330 g/mol. The van der Waals surface area contributed by atoms with E-state index in [2.05, 4.69) is 16.0 Å². The van der Waals surface area contributed by atoms with Crippen molar-refractivity contribution in [3.63, 3.8) is 0 Å². The van der Waals surface area contributed by atoms with Crippen LogP contribution in [-0.4, -0.2) is 32.1 Å². The molecule has 2 aromatic carbocycles. The van der Waals surface area contributed by atoms with Crippen LogP contribution in [0.1, 0.15) is 18.1 Å². The number of urea groups is 1. The van der Waals surface area contributed by atoms with Gasteiger partial charge in [0.1, 0.15) is 5.75 Å². The van der Waals surface area contributed by atoms with Crippen molar-refractivity contribution in [2.45, 2.75) is 19.8 Å². The van der Waals surface area contributed by atoms with Crippen molar-refractivity contribution >= 4 is 17.6 Å². The summed E-state index contributed by atoms with van der Waals surface area (Å²) in [5.41, 5.74) is 3.01. The van der Waals surface area contributed by atoms with Crippen LogP contribution in [0.4, 0.5) is 10.5 Å². The first-order valence-corrected chi connectivity index (χ1v) is 8.58. The first-order valence-electron chi connectivity index (χ1n) is 8.58. The number of amides is 3. The molecule has 0 aliphatic heterocycles. The number of benzene rings is 2. The van der Waals surface area contributed by atoms with Gasteiger partial charge in [0.15, 0.2) is 0 Å². The molecular formula is C20H25N3O3. The predicted molar refractivity (Wildman–Crippen MR) is 103 cm³/mol. The zero-order valence-corrected chi connectivity index (χ0v) is 15.2. The van der Waals surface area contributed by atoms with Crippen molar-refractivity contribution in [3.05, 3.63) is 59.7 Å². The van der Waals surface area contributed by atoms with Gasteiger partial charge < -0.3 is 20.7 Å². The number of rotatable bonds is 8. The van der Waals surface area contributed by atoms with Crippen molar-refractivity contribution < 1.29 is 14.3 Å². The van der Waals surface area contributed by atoms with E-state index < -0.39 is 0 Å². The van der Waals surface area contributed by atoms with E-state index in [1.807, 2.05) is 48.5 Å². The number of methoxy groups -OCH3 is 1. The highest BCUT2D eigenvalue weighted by Crippen LogP contribution is 2.11. The number of carbonyl (C=O) groups is 2. The van der Waals surface area contributed by atoms with Crippen LogP contribution in [0.25, 0.3) is 0 Å². The quantitative estimate of drug-likeness (QED) is 0.681. The summed E-state index contributed by atoms with van der Waals surface area (Å²) in [6.45, 7) is 2.60. The molecule has 0 saturated carbocycles. The fourth-order valence-electron chi connectivity index (χ4n) is 2.45. The van der Waals surface area contributed by atoms with Gasteiger partial charge in [-0.2, -0.15) is 0 Å². The van der Waals surface area contributed by atoms with Gasteiger partial charge in [-0.25, -0.2) is 4.79 Å². The second kappa shape index (κ2) is 10.1. The smallest absolute Gasteiger partial charge is 0.314 e. The highest BCUT2D eigenvalue weighted by Gasteiger charge is 2.01. The topological polar surface area (TPSA) is 79.5 Å². The molecule has 2 rings (SSSR count). The van der Waals surface area contributed by atoms with Gasteiger partial charge in [-0.3, -0.25) is 4.79 Å². The third-order valence-electron chi connectivity index (χ3n) is 3.83. The van der Waals surface area contributed by atoms with Crippen LogP contribution < -0.4 is 20.7 Å². The van der Waals surface area contributed by atoms with Gasteiger partial charge in [-0.1, -0.05) is 24.3 Å². The molecule has 0 radical (unpaired) electrons. The molecule has 0 spiro atoms. The molecule has 3 N–H and O–H groups in total. The number of ether oxygens (including phenoxy) is 1. The predicted octanol–water partition coefficient (Wildman–Crippen LogP) is 2.74. The van der Waals surface area contributed by atoms with Gasteiger partial charge in [0.25, 0.3) is 0 Å². The maximum atomic E-state index is 11.8. The zero-order chi connectivity index (χ0) is 18.8. The molecule has 0 aliphatic carbocycles. The van der Waals surface area contributed by atoms with Gasteiger partial charge in [0.2, 0.25) is 5.91 Å². The monoisotopic (exact) mass is 355 g/mol. The minimum Gasteiger partial charge on any atom is -0.497 e. The molecule has 0 fully saturated rings. The number of anilines is 1. The van der Waals surface area contributed by atoms with E-state index in [0.29, 0.717) is 13.1 Å². The van der Waals surface area contributed by atoms with Crippen molar-refractivity contribution in [2.75, 3.05) is 25.5 Å². The first-order chi connectivity index (χ1) is 12.6. The number of carbonyl (C=O) groups excluding carboxylic acids is 2. The second-order valence-electron chi connectivity index (χ2n) is 5.91. The van der Waals surface area contributed by atoms with Gasteiger partial charge in [-0.05, 0) is 48.2 Å². The molecule has 0 bridgehead atoms. The molecule has 0 aromatic heterocycles. The van der Waals surface area contributed by atoms with E-state index in [4.69, 9.17) is 4.74 Å². The van der Waals surface area contributed by atoms with Gasteiger partial charge in [0.05, 0.1) is 7.11 Å². The summed E-state index contributed by atoms with van der Waals surface area (Å²) in [5.74, 6) is 0.732. The first kappa shape index (κ1) is 19.3. The van der Waals surface area contributed by atoms with Crippen molar-refractivity contribution in [2.24, 2.45) is 0 Å². The van der Waals surface area contributed by atoms with Gasteiger partial charge >= 0.3 is 6.03 Å². The van der Waals surface area contributed by atoms with Crippen LogP contribution in [0.5, 0.6) is 5.75 Å². The van der Waals surface area contributed by atoms with E-state index in [-0.39, 0.29) is 11.9 Å². The number of hydrogen-bond acceptors (Lipinski definition) is 3. The molecule has 6 nitrogen and oxygen atoms in total. The molecule has 0 unspecified atom stereocenters. The molecule has 0 heterocycles. The van der Waals surface area contributed by atoms with Crippen LogP contribution in [0, 0.1) is 0 Å². The summed E-state index contributed by atoms with van der Waals surface area (Å²) in [6, 6.07) is 15.2. The van der Waals surface area contributed by atoms with E-state index in [1.165, 1.54) is 6.92 Å². The Morgan fingerprint density at radius 3 is 1.81 bits per heavy atom. The van der Waals surface area contributed by atoms with E-state index in [0.717, 1.165) is 35.4 Å². The van der Waals surface area contributed by atoms with Crippen LogP contribution in [0.2, 0.25) is 0 Å². The fraction of sp³-hybridized carbons (Fsp3) is 0.300. The average molecular weight is 355 g/mol. The fourth-order valence-corrected chi connectivity index (χ4v) is 2.45. The number of nitrogens with one attached hydrogen (secondary N) is 3. The summed E-state index contributed by atoms with van der Waals surface area (Å²) in [5, 5.41) is 8.41. The Bertz CT molecular complexity index is 712. The Morgan fingerprint density at radius 2 is 1.35 bits per heavy atom. The van der Waals surface area contributed by atoms with Gasteiger partial charge in [0, 0.05) is 25.7 Å². The molecule has 0 atom stereocenters. The molecule has 6 heteroatoms. The molecule has 3 amide bonds. The standard InChI is InChI=1S/C20H25N3O3/c1-15(24)23-18-7-3-16(4-8-18)11-13-21-20(25)22-14-12-17-5-9-19(26-2)10-6-17/h3-10H,11-14H2,1-2H3,(H,23,24)(H2,21,22,25).